The lowest BCUT2D eigenvalue weighted by molar-refractivity contribution is 0.612. The third-order valence-electron chi connectivity index (χ3n) is 3.92. The lowest BCUT2D eigenvalue weighted by atomic mass is 10.1. The summed E-state index contributed by atoms with van der Waals surface area (Å²) in [5, 5.41) is 0. The third kappa shape index (κ3) is 2.55. The first-order chi connectivity index (χ1) is 9.24. The Morgan fingerprint density at radius 2 is 2.11 bits per heavy atom. The first-order valence-corrected chi connectivity index (χ1v) is 7.82. The van der Waals surface area contributed by atoms with E-state index in [4.69, 9.17) is 5.73 Å². The average Bonchev–Trinajstić information content (AvgIpc) is 3.09. The second-order valence-electron chi connectivity index (χ2n) is 5.22. The van der Waals surface area contributed by atoms with Crippen molar-refractivity contribution in [1.29, 1.82) is 0 Å². The van der Waals surface area contributed by atoms with Crippen LogP contribution in [0.1, 0.15) is 30.1 Å². The maximum atomic E-state index is 6.37. The first-order valence-electron chi connectivity index (χ1n) is 6.60. The number of imidazole rings is 1. The largest absolute Gasteiger partial charge is 0.331 e. The molecule has 3 rings (SSSR count). The van der Waals surface area contributed by atoms with E-state index in [1.807, 2.05) is 42.5 Å². The molecule has 4 heteroatoms. The van der Waals surface area contributed by atoms with E-state index in [-0.39, 0.29) is 6.04 Å². The van der Waals surface area contributed by atoms with Crippen LogP contribution in [0.2, 0.25) is 0 Å². The highest BCUT2D eigenvalue weighted by atomic mass is 32.2. The van der Waals surface area contributed by atoms with Crippen molar-refractivity contribution in [2.24, 2.45) is 5.73 Å². The van der Waals surface area contributed by atoms with E-state index in [1.165, 1.54) is 12.8 Å². The summed E-state index contributed by atoms with van der Waals surface area (Å²) < 4.78 is 2.65. The zero-order chi connectivity index (χ0) is 13.3. The zero-order valence-corrected chi connectivity index (χ0v) is 11.9. The van der Waals surface area contributed by atoms with Crippen LogP contribution in [0.4, 0.5) is 0 Å². The Morgan fingerprint density at radius 3 is 2.74 bits per heavy atom. The Morgan fingerprint density at radius 1 is 1.37 bits per heavy atom. The molecule has 0 saturated heterocycles. The van der Waals surface area contributed by atoms with Gasteiger partial charge in [0.05, 0.1) is 24.3 Å². The summed E-state index contributed by atoms with van der Waals surface area (Å²) in [5.74, 6) is 0. The van der Waals surface area contributed by atoms with Gasteiger partial charge in [0.1, 0.15) is 0 Å². The standard InChI is InChI=1S/C15H19N3S/c1-19-15(7-8-15)10-18-11-17-9-13(18)14(16)12-5-3-2-4-6-12/h2-6,9,11,14H,7-8,10,16H2,1H3. The van der Waals surface area contributed by atoms with Crippen LogP contribution < -0.4 is 5.73 Å². The molecule has 1 saturated carbocycles. The van der Waals surface area contributed by atoms with Gasteiger partial charge in [0, 0.05) is 11.3 Å². The van der Waals surface area contributed by atoms with Gasteiger partial charge in [0.25, 0.3) is 0 Å². The number of rotatable bonds is 5. The SMILES string of the molecule is CSC1(Cn2cncc2C(N)c2ccccc2)CC1. The van der Waals surface area contributed by atoms with Crippen molar-refractivity contribution in [3.05, 3.63) is 54.1 Å². The number of nitrogens with zero attached hydrogens (tertiary/aromatic N) is 2. The van der Waals surface area contributed by atoms with E-state index < -0.39 is 0 Å². The summed E-state index contributed by atoms with van der Waals surface area (Å²) in [7, 11) is 0. The molecule has 0 bridgehead atoms. The van der Waals surface area contributed by atoms with Gasteiger partial charge in [-0.2, -0.15) is 11.8 Å². The van der Waals surface area contributed by atoms with Gasteiger partial charge < -0.3 is 10.3 Å². The van der Waals surface area contributed by atoms with Crippen molar-refractivity contribution in [3.63, 3.8) is 0 Å². The lowest BCUT2D eigenvalue weighted by Crippen LogP contribution is -2.20. The zero-order valence-electron chi connectivity index (χ0n) is 11.1. The smallest absolute Gasteiger partial charge is 0.0949 e. The molecule has 100 valence electrons. The van der Waals surface area contributed by atoms with E-state index >= 15 is 0 Å². The molecule has 0 amide bonds. The molecular formula is C15H19N3S. The summed E-state index contributed by atoms with van der Waals surface area (Å²) in [6.45, 7) is 1.02. The first kappa shape index (κ1) is 12.8. The minimum Gasteiger partial charge on any atom is -0.331 e. The van der Waals surface area contributed by atoms with Gasteiger partial charge >= 0.3 is 0 Å². The topological polar surface area (TPSA) is 43.8 Å². The summed E-state index contributed by atoms with van der Waals surface area (Å²) in [4.78, 5) is 4.29. The van der Waals surface area contributed by atoms with Crippen molar-refractivity contribution in [2.75, 3.05) is 6.26 Å². The Balaban J connectivity index is 1.84. The second-order valence-corrected chi connectivity index (χ2v) is 6.50. The van der Waals surface area contributed by atoms with Crippen LogP contribution in [0.5, 0.6) is 0 Å². The van der Waals surface area contributed by atoms with Crippen LogP contribution in [-0.4, -0.2) is 20.6 Å². The molecule has 3 nitrogen and oxygen atoms in total. The van der Waals surface area contributed by atoms with Gasteiger partial charge in [-0.25, -0.2) is 4.98 Å². The van der Waals surface area contributed by atoms with Gasteiger partial charge in [0.15, 0.2) is 0 Å². The molecule has 0 aliphatic heterocycles. The predicted molar refractivity (Wildman–Crippen MR) is 80.2 cm³/mol. The molecule has 0 radical (unpaired) electrons. The number of hydrogen-bond donors (Lipinski definition) is 1. The third-order valence-corrected chi connectivity index (χ3v) is 5.32. The fraction of sp³-hybridized carbons (Fsp3) is 0.400. The van der Waals surface area contributed by atoms with Crippen LogP contribution >= 0.6 is 11.8 Å². The monoisotopic (exact) mass is 273 g/mol. The summed E-state index contributed by atoms with van der Waals surface area (Å²) in [6.07, 6.45) is 8.60. The molecule has 2 aromatic rings. The van der Waals surface area contributed by atoms with E-state index in [9.17, 15) is 0 Å². The predicted octanol–water partition coefficient (Wildman–Crippen LogP) is 2.83. The maximum absolute atomic E-state index is 6.37. The van der Waals surface area contributed by atoms with Crippen LogP contribution in [0.3, 0.4) is 0 Å². The van der Waals surface area contributed by atoms with Crippen LogP contribution in [0.15, 0.2) is 42.9 Å². The minimum absolute atomic E-state index is 0.0960. The van der Waals surface area contributed by atoms with E-state index in [0.29, 0.717) is 4.75 Å². The minimum atomic E-state index is -0.0960. The summed E-state index contributed by atoms with van der Waals surface area (Å²) >= 11 is 1.96. The van der Waals surface area contributed by atoms with Crippen molar-refractivity contribution in [1.82, 2.24) is 9.55 Å². The molecule has 1 unspecified atom stereocenters. The number of aromatic nitrogens is 2. The van der Waals surface area contributed by atoms with Crippen LogP contribution in [-0.2, 0) is 6.54 Å². The summed E-state index contributed by atoms with van der Waals surface area (Å²) in [5.41, 5.74) is 8.62. The second kappa shape index (κ2) is 5.02. The Hall–Kier alpha value is -1.26. The van der Waals surface area contributed by atoms with E-state index in [0.717, 1.165) is 17.8 Å². The molecule has 19 heavy (non-hydrogen) atoms. The molecule has 1 aromatic heterocycles. The molecule has 1 heterocycles. The average molecular weight is 273 g/mol. The van der Waals surface area contributed by atoms with Crippen molar-refractivity contribution in [2.45, 2.75) is 30.2 Å². The lowest BCUT2D eigenvalue weighted by Gasteiger charge is -2.19. The molecule has 1 aliphatic rings. The van der Waals surface area contributed by atoms with Gasteiger partial charge in [-0.3, -0.25) is 0 Å². The highest BCUT2D eigenvalue weighted by Gasteiger charge is 2.42. The van der Waals surface area contributed by atoms with Gasteiger partial charge in [-0.1, -0.05) is 30.3 Å². The Bertz CT molecular complexity index is 546. The molecule has 1 aromatic carbocycles. The van der Waals surface area contributed by atoms with Crippen molar-refractivity contribution >= 4 is 11.8 Å². The molecule has 1 atom stereocenters. The quantitative estimate of drug-likeness (QED) is 0.911. The van der Waals surface area contributed by atoms with E-state index in [2.05, 4.69) is 27.9 Å². The number of thioether (sulfide) groups is 1. The highest BCUT2D eigenvalue weighted by Crippen LogP contribution is 2.48. The van der Waals surface area contributed by atoms with Crippen molar-refractivity contribution < 1.29 is 0 Å². The molecule has 1 fully saturated rings. The van der Waals surface area contributed by atoms with E-state index in [1.54, 1.807) is 0 Å². The summed E-state index contributed by atoms with van der Waals surface area (Å²) in [6, 6.07) is 10.1. The van der Waals surface area contributed by atoms with Crippen LogP contribution in [0.25, 0.3) is 0 Å². The fourth-order valence-electron chi connectivity index (χ4n) is 2.43. The van der Waals surface area contributed by atoms with Crippen LogP contribution in [0, 0.1) is 0 Å². The molecule has 0 spiro atoms. The molecule has 1 aliphatic carbocycles. The normalized spacial score (nSPS) is 18.2. The number of hydrogen-bond acceptors (Lipinski definition) is 3. The van der Waals surface area contributed by atoms with Gasteiger partial charge in [-0.15, -0.1) is 0 Å². The molecular weight excluding hydrogens is 254 g/mol. The van der Waals surface area contributed by atoms with Crippen molar-refractivity contribution in [3.8, 4) is 0 Å². The number of benzene rings is 1. The fourth-order valence-corrected chi connectivity index (χ4v) is 3.21. The van der Waals surface area contributed by atoms with Gasteiger partial charge in [0.2, 0.25) is 0 Å². The molecule has 2 N–H and O–H groups in total. The number of nitrogens with two attached hydrogens (primary N) is 1. The Kier molecular flexibility index (Phi) is 3.37. The highest BCUT2D eigenvalue weighted by molar-refractivity contribution is 8.00. The Labute approximate surface area is 118 Å². The maximum Gasteiger partial charge on any atom is 0.0949 e. The van der Waals surface area contributed by atoms with Gasteiger partial charge in [-0.05, 0) is 24.7 Å².